The molecule has 1 aromatic carbocycles. The Kier molecular flexibility index (Phi) is 6.41. The predicted molar refractivity (Wildman–Crippen MR) is 109 cm³/mol. The molecule has 1 aromatic heterocycles. The standard InChI is InChI=1S/C19H17N3O5S2/c1-2-26-19(25)16-11(10(8-20)17(21)29-16)9-27-15(23)7-14-18(24)22-12-5-3-4-6-13(12)28-14/h3-6,14H,2,7,9,21H2,1H3,(H,22,24). The lowest BCUT2D eigenvalue weighted by Gasteiger charge is -2.23. The first-order valence-corrected chi connectivity index (χ1v) is 10.3. The summed E-state index contributed by atoms with van der Waals surface area (Å²) in [6.45, 7) is 1.51. The molecule has 0 radical (unpaired) electrons. The first kappa shape index (κ1) is 20.7. The molecule has 1 aliphatic rings. The molecule has 0 saturated heterocycles. The zero-order valence-corrected chi connectivity index (χ0v) is 17.0. The quantitative estimate of drug-likeness (QED) is 0.667. The molecule has 3 rings (SSSR count). The summed E-state index contributed by atoms with van der Waals surface area (Å²) >= 11 is 2.20. The molecule has 1 atom stereocenters. The summed E-state index contributed by atoms with van der Waals surface area (Å²) in [4.78, 5) is 37.6. The van der Waals surface area contributed by atoms with Gasteiger partial charge in [-0.1, -0.05) is 12.1 Å². The van der Waals surface area contributed by atoms with Crippen LogP contribution in [0.1, 0.15) is 34.1 Å². The first-order valence-electron chi connectivity index (χ1n) is 8.65. The highest BCUT2D eigenvalue weighted by atomic mass is 32.2. The summed E-state index contributed by atoms with van der Waals surface area (Å²) in [6, 6.07) is 9.23. The van der Waals surface area contributed by atoms with E-state index in [9.17, 15) is 19.6 Å². The molecule has 0 fully saturated rings. The number of hydrogen-bond donors (Lipinski definition) is 2. The van der Waals surface area contributed by atoms with E-state index in [2.05, 4.69) is 5.32 Å². The molecule has 10 heteroatoms. The number of para-hydroxylation sites is 1. The molecule has 3 N–H and O–H groups in total. The van der Waals surface area contributed by atoms with Crippen molar-refractivity contribution in [1.29, 1.82) is 5.26 Å². The highest BCUT2D eigenvalue weighted by Gasteiger charge is 2.30. The van der Waals surface area contributed by atoms with Gasteiger partial charge in [0, 0.05) is 10.5 Å². The smallest absolute Gasteiger partial charge is 0.348 e. The largest absolute Gasteiger partial charge is 0.462 e. The highest BCUT2D eigenvalue weighted by molar-refractivity contribution is 8.01. The number of benzene rings is 1. The Morgan fingerprint density at radius 2 is 2.07 bits per heavy atom. The number of nitrogens with one attached hydrogen (secondary N) is 1. The van der Waals surface area contributed by atoms with Gasteiger partial charge in [-0.3, -0.25) is 9.59 Å². The van der Waals surface area contributed by atoms with Crippen molar-refractivity contribution >= 4 is 51.6 Å². The highest BCUT2D eigenvalue weighted by Crippen LogP contribution is 2.37. The molecule has 1 aliphatic heterocycles. The van der Waals surface area contributed by atoms with E-state index >= 15 is 0 Å². The van der Waals surface area contributed by atoms with Crippen molar-refractivity contribution in [3.8, 4) is 6.07 Å². The van der Waals surface area contributed by atoms with Gasteiger partial charge in [-0.25, -0.2) is 4.79 Å². The second-order valence-corrected chi connectivity index (χ2v) is 8.23. The van der Waals surface area contributed by atoms with Gasteiger partial charge in [0.25, 0.3) is 0 Å². The molecule has 1 unspecified atom stereocenters. The van der Waals surface area contributed by atoms with E-state index in [1.54, 1.807) is 13.0 Å². The lowest BCUT2D eigenvalue weighted by atomic mass is 10.1. The van der Waals surface area contributed by atoms with Gasteiger partial charge in [0.15, 0.2) is 0 Å². The van der Waals surface area contributed by atoms with Crippen LogP contribution in [0.15, 0.2) is 29.2 Å². The Hall–Kier alpha value is -3.03. The van der Waals surface area contributed by atoms with E-state index in [1.807, 2.05) is 24.3 Å². The van der Waals surface area contributed by atoms with Gasteiger partial charge >= 0.3 is 11.9 Å². The third-order valence-electron chi connectivity index (χ3n) is 4.04. The Morgan fingerprint density at radius 3 is 2.79 bits per heavy atom. The molecule has 8 nitrogen and oxygen atoms in total. The van der Waals surface area contributed by atoms with E-state index in [0.29, 0.717) is 5.69 Å². The van der Waals surface area contributed by atoms with Gasteiger partial charge in [-0.2, -0.15) is 5.26 Å². The second kappa shape index (κ2) is 8.98. The van der Waals surface area contributed by atoms with Gasteiger partial charge in [0.2, 0.25) is 5.91 Å². The molecule has 0 spiro atoms. The third-order valence-corrected chi connectivity index (χ3v) is 6.36. The van der Waals surface area contributed by atoms with Crippen LogP contribution in [0.4, 0.5) is 10.7 Å². The monoisotopic (exact) mass is 431 g/mol. The number of nitrogen functional groups attached to an aromatic ring is 1. The maximum absolute atomic E-state index is 12.3. The minimum absolute atomic E-state index is 0.0876. The van der Waals surface area contributed by atoms with Crippen LogP contribution in [0, 0.1) is 11.3 Å². The van der Waals surface area contributed by atoms with Gasteiger partial charge in [0.1, 0.15) is 22.6 Å². The predicted octanol–water partition coefficient (Wildman–Crippen LogP) is 2.92. The summed E-state index contributed by atoms with van der Waals surface area (Å²) in [5.74, 6) is -1.54. The van der Waals surface area contributed by atoms with Crippen LogP contribution in [-0.2, 0) is 25.7 Å². The molecule has 0 saturated carbocycles. The molecule has 2 aromatic rings. The summed E-state index contributed by atoms with van der Waals surface area (Å²) in [5.41, 5.74) is 6.81. The van der Waals surface area contributed by atoms with Crippen LogP contribution in [0.3, 0.4) is 0 Å². The molecule has 29 heavy (non-hydrogen) atoms. The van der Waals surface area contributed by atoms with Crippen molar-refractivity contribution in [3.05, 3.63) is 40.3 Å². The van der Waals surface area contributed by atoms with Gasteiger partial charge in [-0.15, -0.1) is 23.1 Å². The lowest BCUT2D eigenvalue weighted by molar-refractivity contribution is -0.145. The van der Waals surface area contributed by atoms with E-state index in [4.69, 9.17) is 15.2 Å². The molecular formula is C19H17N3O5S2. The Balaban J connectivity index is 1.68. The normalized spacial score (nSPS) is 15.0. The molecule has 150 valence electrons. The van der Waals surface area contributed by atoms with Gasteiger partial charge < -0.3 is 20.5 Å². The van der Waals surface area contributed by atoms with Crippen molar-refractivity contribution < 1.29 is 23.9 Å². The van der Waals surface area contributed by atoms with E-state index in [1.165, 1.54) is 11.8 Å². The van der Waals surface area contributed by atoms with E-state index < -0.39 is 17.2 Å². The number of rotatable bonds is 6. The molecule has 0 aliphatic carbocycles. The SMILES string of the molecule is CCOC(=O)c1sc(N)c(C#N)c1COC(=O)CC1Sc2ccccc2NC1=O. The summed E-state index contributed by atoms with van der Waals surface area (Å²) in [7, 11) is 0. The minimum atomic E-state index is -0.634. The fourth-order valence-electron chi connectivity index (χ4n) is 2.70. The maximum Gasteiger partial charge on any atom is 0.348 e. The Morgan fingerprint density at radius 1 is 1.31 bits per heavy atom. The van der Waals surface area contributed by atoms with Crippen molar-refractivity contribution in [2.24, 2.45) is 0 Å². The topological polar surface area (TPSA) is 132 Å². The van der Waals surface area contributed by atoms with Crippen LogP contribution in [0.5, 0.6) is 0 Å². The fraction of sp³-hybridized carbons (Fsp3) is 0.263. The number of thioether (sulfide) groups is 1. The number of anilines is 2. The van der Waals surface area contributed by atoms with Crippen molar-refractivity contribution in [2.45, 2.75) is 30.1 Å². The summed E-state index contributed by atoms with van der Waals surface area (Å²) in [6.07, 6.45) is -0.152. The Bertz CT molecular complexity index is 1010. The molecular weight excluding hydrogens is 414 g/mol. The number of nitriles is 1. The number of amides is 1. The maximum atomic E-state index is 12.3. The number of nitrogens with zero attached hydrogens (tertiary/aromatic N) is 1. The van der Waals surface area contributed by atoms with Crippen LogP contribution < -0.4 is 11.1 Å². The first-order chi connectivity index (χ1) is 13.9. The number of carbonyl (C=O) groups is 3. The third kappa shape index (κ3) is 4.52. The number of esters is 2. The summed E-state index contributed by atoms with van der Waals surface area (Å²) < 4.78 is 10.2. The van der Waals surface area contributed by atoms with E-state index in [0.717, 1.165) is 16.2 Å². The summed E-state index contributed by atoms with van der Waals surface area (Å²) in [5, 5.41) is 11.6. The second-order valence-electron chi connectivity index (χ2n) is 5.94. The number of thiophene rings is 1. The van der Waals surface area contributed by atoms with Gasteiger partial charge in [0.05, 0.1) is 29.5 Å². The van der Waals surface area contributed by atoms with Crippen LogP contribution in [-0.4, -0.2) is 29.7 Å². The van der Waals surface area contributed by atoms with Crippen LogP contribution in [0.25, 0.3) is 0 Å². The van der Waals surface area contributed by atoms with Crippen LogP contribution in [0.2, 0.25) is 0 Å². The number of nitrogens with two attached hydrogens (primary N) is 1. The van der Waals surface area contributed by atoms with Crippen molar-refractivity contribution in [1.82, 2.24) is 0 Å². The van der Waals surface area contributed by atoms with Crippen LogP contribution >= 0.6 is 23.1 Å². The van der Waals surface area contributed by atoms with Crippen molar-refractivity contribution in [2.75, 3.05) is 17.7 Å². The minimum Gasteiger partial charge on any atom is -0.462 e. The zero-order valence-electron chi connectivity index (χ0n) is 15.4. The Labute approximate surface area is 175 Å². The molecule has 2 heterocycles. The van der Waals surface area contributed by atoms with Gasteiger partial charge in [-0.05, 0) is 19.1 Å². The zero-order chi connectivity index (χ0) is 21.0. The van der Waals surface area contributed by atoms with Crippen molar-refractivity contribution in [3.63, 3.8) is 0 Å². The average molecular weight is 431 g/mol. The lowest BCUT2D eigenvalue weighted by Crippen LogP contribution is -2.31. The number of hydrogen-bond acceptors (Lipinski definition) is 9. The number of ether oxygens (including phenoxy) is 2. The van der Waals surface area contributed by atoms with E-state index in [-0.39, 0.29) is 46.5 Å². The molecule has 0 bridgehead atoms. The molecule has 1 amide bonds. The fourth-order valence-corrected chi connectivity index (χ4v) is 4.71. The number of fused-ring (bicyclic) bond motifs is 1. The average Bonchev–Trinajstić information content (AvgIpc) is 3.02. The number of carbonyl (C=O) groups excluding carboxylic acids is 3.